The molecule has 0 bridgehead atoms. The first-order valence-electron chi connectivity index (χ1n) is 9.26. The smallest absolute Gasteiger partial charge is 0.119 e. The summed E-state index contributed by atoms with van der Waals surface area (Å²) >= 11 is 0. The number of rotatable bonds is 9. The van der Waals surface area contributed by atoms with Gasteiger partial charge in [-0.2, -0.15) is 0 Å². The summed E-state index contributed by atoms with van der Waals surface area (Å²) in [6.45, 7) is 13.6. The Morgan fingerprint density at radius 1 is 1.08 bits per heavy atom. The van der Waals surface area contributed by atoms with E-state index in [4.69, 9.17) is 14.2 Å². The minimum absolute atomic E-state index is 0.315. The summed E-state index contributed by atoms with van der Waals surface area (Å²) in [7, 11) is 0. The number of hydrogen-bond donors (Lipinski definition) is 0. The van der Waals surface area contributed by atoms with Crippen molar-refractivity contribution in [2.75, 3.05) is 39.5 Å². The van der Waals surface area contributed by atoms with Crippen molar-refractivity contribution in [3.8, 4) is 5.75 Å². The Morgan fingerprint density at radius 2 is 1.75 bits per heavy atom. The normalized spacial score (nSPS) is 23.2. The minimum atomic E-state index is 0.315. The number of morpholine rings is 1. The lowest BCUT2D eigenvalue weighted by atomic mass is 9.99. The van der Waals surface area contributed by atoms with Gasteiger partial charge in [0.1, 0.15) is 12.4 Å². The molecular formula is C20H33NO3. The fraction of sp³-hybridized carbons (Fsp3) is 0.700. The highest BCUT2D eigenvalue weighted by molar-refractivity contribution is 5.29. The van der Waals surface area contributed by atoms with Crippen LogP contribution in [0.3, 0.4) is 0 Å². The standard InChI is InChI=1S/C20H33NO3/c1-5-16(2)19-6-8-20(9-7-19)23-13-12-22-11-10-21-14-17(3)24-18(4)15-21/h6-9,16-18H,5,10-15H2,1-4H3/t16-,17-,18-/m0/s1. The Hall–Kier alpha value is -1.10. The molecule has 3 atom stereocenters. The van der Waals surface area contributed by atoms with Crippen LogP contribution in [-0.4, -0.2) is 56.6 Å². The second kappa shape index (κ2) is 10.0. The zero-order valence-corrected chi connectivity index (χ0v) is 15.7. The molecule has 0 N–H and O–H groups in total. The monoisotopic (exact) mass is 335 g/mol. The quantitative estimate of drug-likeness (QED) is 0.644. The number of hydrogen-bond acceptors (Lipinski definition) is 4. The van der Waals surface area contributed by atoms with Crippen LogP contribution in [0, 0.1) is 0 Å². The van der Waals surface area contributed by atoms with E-state index in [9.17, 15) is 0 Å². The van der Waals surface area contributed by atoms with Gasteiger partial charge < -0.3 is 14.2 Å². The molecule has 136 valence electrons. The van der Waals surface area contributed by atoms with Crippen LogP contribution in [0.25, 0.3) is 0 Å². The molecule has 0 radical (unpaired) electrons. The Balaban J connectivity index is 1.56. The van der Waals surface area contributed by atoms with E-state index in [1.54, 1.807) is 0 Å². The molecule has 4 heteroatoms. The van der Waals surface area contributed by atoms with E-state index < -0.39 is 0 Å². The highest BCUT2D eigenvalue weighted by Gasteiger charge is 2.21. The van der Waals surface area contributed by atoms with E-state index in [1.807, 2.05) is 0 Å². The van der Waals surface area contributed by atoms with Gasteiger partial charge in [0.2, 0.25) is 0 Å². The number of ether oxygens (including phenoxy) is 3. The van der Waals surface area contributed by atoms with Crippen molar-refractivity contribution in [2.45, 2.75) is 52.2 Å². The average Bonchev–Trinajstić information content (AvgIpc) is 2.57. The molecule has 0 aromatic heterocycles. The first-order valence-corrected chi connectivity index (χ1v) is 9.26. The summed E-state index contributed by atoms with van der Waals surface area (Å²) in [4.78, 5) is 2.41. The second-order valence-corrected chi connectivity index (χ2v) is 6.86. The van der Waals surface area contributed by atoms with Crippen molar-refractivity contribution in [2.24, 2.45) is 0 Å². The molecule has 1 saturated heterocycles. The van der Waals surface area contributed by atoms with Gasteiger partial charge in [0, 0.05) is 19.6 Å². The van der Waals surface area contributed by atoms with Crippen molar-refractivity contribution >= 4 is 0 Å². The summed E-state index contributed by atoms with van der Waals surface area (Å²) in [6, 6.07) is 8.42. The molecule has 0 spiro atoms. The van der Waals surface area contributed by atoms with Gasteiger partial charge in [-0.25, -0.2) is 0 Å². The molecular weight excluding hydrogens is 302 g/mol. The molecule has 1 aromatic rings. The topological polar surface area (TPSA) is 30.9 Å². The molecule has 0 aliphatic carbocycles. The van der Waals surface area contributed by atoms with E-state index >= 15 is 0 Å². The van der Waals surface area contributed by atoms with Crippen molar-refractivity contribution in [3.05, 3.63) is 29.8 Å². The van der Waals surface area contributed by atoms with Gasteiger partial charge in [-0.3, -0.25) is 4.90 Å². The van der Waals surface area contributed by atoms with Gasteiger partial charge in [-0.05, 0) is 43.9 Å². The van der Waals surface area contributed by atoms with Crippen LogP contribution in [0.15, 0.2) is 24.3 Å². The third-order valence-electron chi connectivity index (χ3n) is 4.60. The molecule has 0 amide bonds. The van der Waals surface area contributed by atoms with Crippen LogP contribution in [0.2, 0.25) is 0 Å². The fourth-order valence-electron chi connectivity index (χ4n) is 3.11. The predicted molar refractivity (Wildman–Crippen MR) is 97.9 cm³/mol. The molecule has 0 saturated carbocycles. The molecule has 4 nitrogen and oxygen atoms in total. The average molecular weight is 335 g/mol. The van der Waals surface area contributed by atoms with Crippen LogP contribution >= 0.6 is 0 Å². The zero-order chi connectivity index (χ0) is 17.4. The van der Waals surface area contributed by atoms with E-state index in [0.717, 1.165) is 38.4 Å². The third kappa shape index (κ3) is 6.42. The SMILES string of the molecule is CC[C@H](C)c1ccc(OCCOCCN2C[C@H](C)O[C@@H](C)C2)cc1. The Labute approximate surface area is 147 Å². The van der Waals surface area contributed by atoms with E-state index in [0.29, 0.717) is 31.3 Å². The lowest BCUT2D eigenvalue weighted by Crippen LogP contribution is -2.46. The second-order valence-electron chi connectivity index (χ2n) is 6.86. The molecule has 24 heavy (non-hydrogen) atoms. The summed E-state index contributed by atoms with van der Waals surface area (Å²) < 4.78 is 17.2. The highest BCUT2D eigenvalue weighted by Crippen LogP contribution is 2.21. The van der Waals surface area contributed by atoms with Crippen LogP contribution in [0.4, 0.5) is 0 Å². The molecule has 1 aromatic carbocycles. The zero-order valence-electron chi connectivity index (χ0n) is 15.7. The van der Waals surface area contributed by atoms with Gasteiger partial charge in [0.15, 0.2) is 0 Å². The molecule has 1 fully saturated rings. The van der Waals surface area contributed by atoms with E-state index in [2.05, 4.69) is 56.9 Å². The molecule has 2 rings (SSSR count). The van der Waals surface area contributed by atoms with Crippen molar-refractivity contribution in [1.82, 2.24) is 4.90 Å². The van der Waals surface area contributed by atoms with Crippen molar-refractivity contribution in [3.63, 3.8) is 0 Å². The van der Waals surface area contributed by atoms with E-state index in [1.165, 1.54) is 5.56 Å². The third-order valence-corrected chi connectivity index (χ3v) is 4.60. The van der Waals surface area contributed by atoms with Gasteiger partial charge in [-0.15, -0.1) is 0 Å². The fourth-order valence-corrected chi connectivity index (χ4v) is 3.11. The number of nitrogens with zero attached hydrogens (tertiary/aromatic N) is 1. The largest absolute Gasteiger partial charge is 0.491 e. The first kappa shape index (κ1) is 19.2. The van der Waals surface area contributed by atoms with Crippen LogP contribution < -0.4 is 4.74 Å². The summed E-state index contributed by atoms with van der Waals surface area (Å²) in [5.74, 6) is 1.52. The summed E-state index contributed by atoms with van der Waals surface area (Å²) in [6.07, 6.45) is 1.79. The Morgan fingerprint density at radius 3 is 2.38 bits per heavy atom. The summed E-state index contributed by atoms with van der Waals surface area (Å²) in [5.41, 5.74) is 1.37. The maximum absolute atomic E-state index is 5.74. The first-order chi connectivity index (χ1) is 11.6. The maximum atomic E-state index is 5.74. The molecule has 1 heterocycles. The van der Waals surface area contributed by atoms with Gasteiger partial charge in [0.05, 0.1) is 25.4 Å². The summed E-state index contributed by atoms with van der Waals surface area (Å²) in [5, 5.41) is 0. The van der Waals surface area contributed by atoms with E-state index in [-0.39, 0.29) is 0 Å². The molecule has 1 aliphatic heterocycles. The van der Waals surface area contributed by atoms with Gasteiger partial charge in [-0.1, -0.05) is 26.0 Å². The van der Waals surface area contributed by atoms with Crippen molar-refractivity contribution < 1.29 is 14.2 Å². The predicted octanol–water partition coefficient (Wildman–Crippen LogP) is 3.70. The van der Waals surface area contributed by atoms with Crippen molar-refractivity contribution in [1.29, 1.82) is 0 Å². The molecule has 1 aliphatic rings. The van der Waals surface area contributed by atoms with Crippen LogP contribution in [0.1, 0.15) is 45.6 Å². The maximum Gasteiger partial charge on any atom is 0.119 e. The Kier molecular flexibility index (Phi) is 8.03. The number of benzene rings is 1. The van der Waals surface area contributed by atoms with Gasteiger partial charge in [0.25, 0.3) is 0 Å². The minimum Gasteiger partial charge on any atom is -0.491 e. The molecule has 0 unspecified atom stereocenters. The highest BCUT2D eigenvalue weighted by atomic mass is 16.5. The van der Waals surface area contributed by atoms with Crippen LogP contribution in [0.5, 0.6) is 5.75 Å². The Bertz CT molecular complexity index is 452. The van der Waals surface area contributed by atoms with Gasteiger partial charge >= 0.3 is 0 Å². The lowest BCUT2D eigenvalue weighted by molar-refractivity contribution is -0.0734. The van der Waals surface area contributed by atoms with Crippen LogP contribution in [-0.2, 0) is 9.47 Å². The lowest BCUT2D eigenvalue weighted by Gasteiger charge is -2.35.